The quantitative estimate of drug-likeness (QED) is 0.119. The Morgan fingerprint density at radius 2 is 1.84 bits per heavy atom. The van der Waals surface area contributed by atoms with E-state index >= 15 is 0 Å². The highest BCUT2D eigenvalue weighted by molar-refractivity contribution is 7.96. The molecule has 1 N–H and O–H groups in total. The van der Waals surface area contributed by atoms with Gasteiger partial charge in [0.25, 0.3) is 5.09 Å². The Balaban J connectivity index is 1.31. The number of nitrogens with zero attached hydrogens (tertiary/aromatic N) is 3. The number of anilines is 1. The number of carbonyl (C=O) groups excluding carboxylic acids is 1. The number of ether oxygens (including phenoxy) is 1. The molecule has 1 aromatic heterocycles. The molecule has 190 valence electrons. The summed E-state index contributed by atoms with van der Waals surface area (Å²) in [6.07, 6.45) is -0.861. The summed E-state index contributed by atoms with van der Waals surface area (Å²) in [5.74, 6) is 0.898. The lowest BCUT2D eigenvalue weighted by molar-refractivity contribution is -0.763. The molecule has 0 saturated carbocycles. The number of aryl methyl sites for hydroxylation is 1. The minimum Gasteiger partial charge on any atom is -0.409 e. The van der Waals surface area contributed by atoms with E-state index in [0.717, 1.165) is 46.1 Å². The Bertz CT molecular complexity index is 1360. The molecule has 0 bridgehead atoms. The van der Waals surface area contributed by atoms with Gasteiger partial charge in [0.1, 0.15) is 36.0 Å². The molecule has 4 rings (SSSR count). The van der Waals surface area contributed by atoms with Gasteiger partial charge in [0, 0.05) is 18.3 Å². The first-order chi connectivity index (χ1) is 17.9. The predicted molar refractivity (Wildman–Crippen MR) is 137 cm³/mol. The van der Waals surface area contributed by atoms with E-state index < -0.39 is 11.2 Å². The molecule has 1 amide bonds. The van der Waals surface area contributed by atoms with Gasteiger partial charge in [0.05, 0.1) is 5.56 Å². The van der Waals surface area contributed by atoms with Crippen molar-refractivity contribution in [1.29, 1.82) is 0 Å². The van der Waals surface area contributed by atoms with Gasteiger partial charge < -0.3 is 14.1 Å². The van der Waals surface area contributed by atoms with Crippen molar-refractivity contribution in [3.63, 3.8) is 0 Å². The maximum Gasteiger partial charge on any atom is 0.437 e. The van der Waals surface area contributed by atoms with Crippen LogP contribution in [0.1, 0.15) is 11.3 Å². The molecule has 0 radical (unpaired) electrons. The SMILES string of the molecule is Cc1onc(-c2ccccc2)c1-c1ccc(N(C)SONC(=O)Oc2cccc(CO[N+](=O)[O-])c2)cc1. The zero-order valence-corrected chi connectivity index (χ0v) is 20.6. The number of nitrogens with one attached hydrogen (secondary N) is 1. The summed E-state index contributed by atoms with van der Waals surface area (Å²) in [5, 5.41) is 13.7. The molecule has 3 aromatic carbocycles. The summed E-state index contributed by atoms with van der Waals surface area (Å²) >= 11 is 0.885. The summed E-state index contributed by atoms with van der Waals surface area (Å²) in [4.78, 5) is 26.6. The zero-order valence-electron chi connectivity index (χ0n) is 19.8. The van der Waals surface area contributed by atoms with Crippen LogP contribution in [0.5, 0.6) is 5.75 Å². The number of benzene rings is 3. The van der Waals surface area contributed by atoms with E-state index in [1.54, 1.807) is 23.5 Å². The van der Waals surface area contributed by atoms with Crippen LogP contribution in [-0.2, 0) is 15.7 Å². The summed E-state index contributed by atoms with van der Waals surface area (Å²) in [7, 11) is 1.77. The van der Waals surface area contributed by atoms with Gasteiger partial charge in [-0.25, -0.2) is 4.79 Å². The van der Waals surface area contributed by atoms with Gasteiger partial charge in [-0.15, -0.1) is 10.1 Å². The van der Waals surface area contributed by atoms with E-state index in [-0.39, 0.29) is 12.4 Å². The fourth-order valence-electron chi connectivity index (χ4n) is 3.45. The molecule has 4 aromatic rings. The highest BCUT2D eigenvalue weighted by Gasteiger charge is 2.17. The monoisotopic (exact) mass is 522 g/mol. The number of carbonyl (C=O) groups is 1. The summed E-state index contributed by atoms with van der Waals surface area (Å²) in [6.45, 7) is 1.62. The number of hydroxylamine groups is 1. The van der Waals surface area contributed by atoms with Crippen LogP contribution in [0.4, 0.5) is 10.5 Å². The van der Waals surface area contributed by atoms with Gasteiger partial charge in [-0.3, -0.25) is 4.31 Å². The molecule has 0 fully saturated rings. The topological polar surface area (TPSA) is 129 Å². The fourth-order valence-corrected chi connectivity index (χ4v) is 3.87. The van der Waals surface area contributed by atoms with Crippen LogP contribution in [0.3, 0.4) is 0 Å². The lowest BCUT2D eigenvalue weighted by atomic mass is 9.99. The molecule has 0 unspecified atom stereocenters. The van der Waals surface area contributed by atoms with Crippen LogP contribution < -0.4 is 14.5 Å². The lowest BCUT2D eigenvalue weighted by Crippen LogP contribution is -2.26. The Kier molecular flexibility index (Phi) is 8.23. The van der Waals surface area contributed by atoms with Crippen molar-refractivity contribution in [3.8, 4) is 28.1 Å². The first kappa shape index (κ1) is 25.5. The number of aromatic nitrogens is 1. The smallest absolute Gasteiger partial charge is 0.409 e. The molecule has 0 spiro atoms. The van der Waals surface area contributed by atoms with Crippen molar-refractivity contribution >= 4 is 24.0 Å². The standard InChI is InChI=1S/C25H22N4O7S/c1-17-23(24(26-35-17)20-8-4-3-5-9-20)19-11-13-21(14-12-19)28(2)37-36-27-25(30)34-22-10-6-7-18(15-22)16-33-29(31)32/h3-15H,16H2,1-2H3,(H,27,30). The zero-order chi connectivity index (χ0) is 26.2. The van der Waals surface area contributed by atoms with Crippen molar-refractivity contribution in [3.05, 3.63) is 100 Å². The molecule has 1 heterocycles. The van der Waals surface area contributed by atoms with Crippen molar-refractivity contribution < 1.29 is 28.3 Å². The van der Waals surface area contributed by atoms with Gasteiger partial charge >= 0.3 is 6.09 Å². The maximum atomic E-state index is 12.0. The first-order valence-electron chi connectivity index (χ1n) is 10.9. The summed E-state index contributed by atoms with van der Waals surface area (Å²) < 4.78 is 17.5. The molecular weight excluding hydrogens is 500 g/mol. The largest absolute Gasteiger partial charge is 0.437 e. The average Bonchev–Trinajstić information content (AvgIpc) is 3.29. The van der Waals surface area contributed by atoms with Crippen molar-refractivity contribution in [2.75, 3.05) is 11.4 Å². The average molecular weight is 523 g/mol. The number of hydrogen-bond acceptors (Lipinski definition) is 10. The maximum absolute atomic E-state index is 12.0. The number of amides is 1. The lowest BCUT2D eigenvalue weighted by Gasteiger charge is -2.17. The first-order valence-corrected chi connectivity index (χ1v) is 11.6. The van der Waals surface area contributed by atoms with Crippen LogP contribution in [0.2, 0.25) is 0 Å². The van der Waals surface area contributed by atoms with Crippen LogP contribution in [0.25, 0.3) is 22.4 Å². The van der Waals surface area contributed by atoms with Crippen molar-refractivity contribution in [2.45, 2.75) is 13.5 Å². The Morgan fingerprint density at radius 3 is 2.57 bits per heavy atom. The van der Waals surface area contributed by atoms with Gasteiger partial charge in [0.2, 0.25) is 0 Å². The molecule has 0 aliphatic rings. The van der Waals surface area contributed by atoms with Crippen LogP contribution in [-0.4, -0.2) is 23.4 Å². The molecule has 37 heavy (non-hydrogen) atoms. The molecular formula is C25H22N4O7S. The van der Waals surface area contributed by atoms with Crippen LogP contribution in [0.15, 0.2) is 83.4 Å². The van der Waals surface area contributed by atoms with E-state index in [4.69, 9.17) is 13.5 Å². The third kappa shape index (κ3) is 6.78. The summed E-state index contributed by atoms with van der Waals surface area (Å²) in [5.41, 5.74) is 7.07. The van der Waals surface area contributed by atoms with Gasteiger partial charge in [-0.2, -0.15) is 9.76 Å². The molecule has 12 heteroatoms. The normalized spacial score (nSPS) is 10.5. The van der Waals surface area contributed by atoms with Crippen molar-refractivity contribution in [2.24, 2.45) is 0 Å². The highest BCUT2D eigenvalue weighted by atomic mass is 32.2. The van der Waals surface area contributed by atoms with Crippen LogP contribution in [0, 0.1) is 17.0 Å². The van der Waals surface area contributed by atoms with E-state index in [1.807, 2.05) is 61.5 Å². The molecule has 0 aliphatic heterocycles. The third-order valence-electron chi connectivity index (χ3n) is 5.15. The minimum atomic E-state index is -0.896. The Labute approximate surface area is 216 Å². The Hall–Kier alpha value is -4.55. The van der Waals surface area contributed by atoms with E-state index in [0.29, 0.717) is 5.56 Å². The van der Waals surface area contributed by atoms with E-state index in [2.05, 4.69) is 15.5 Å². The van der Waals surface area contributed by atoms with Crippen molar-refractivity contribution in [1.82, 2.24) is 10.6 Å². The highest BCUT2D eigenvalue weighted by Crippen LogP contribution is 2.35. The third-order valence-corrected chi connectivity index (χ3v) is 5.74. The minimum absolute atomic E-state index is 0.179. The summed E-state index contributed by atoms with van der Waals surface area (Å²) in [6, 6.07) is 23.7. The molecule has 0 saturated heterocycles. The van der Waals surface area contributed by atoms with Gasteiger partial charge in [0.15, 0.2) is 0 Å². The second-order valence-electron chi connectivity index (χ2n) is 7.67. The second-order valence-corrected chi connectivity index (χ2v) is 8.53. The number of rotatable bonds is 10. The molecule has 0 atom stereocenters. The number of hydrogen-bond donors (Lipinski definition) is 1. The van der Waals surface area contributed by atoms with E-state index in [9.17, 15) is 14.9 Å². The second kappa shape index (κ2) is 11.9. The Morgan fingerprint density at radius 1 is 1.08 bits per heavy atom. The van der Waals surface area contributed by atoms with Gasteiger partial charge in [-0.1, -0.05) is 59.8 Å². The van der Waals surface area contributed by atoms with Gasteiger partial charge in [-0.05, 0) is 42.3 Å². The fraction of sp³-hybridized carbons (Fsp3) is 0.120. The molecule has 11 nitrogen and oxygen atoms in total. The molecule has 0 aliphatic carbocycles. The predicted octanol–water partition coefficient (Wildman–Crippen LogP) is 5.74. The van der Waals surface area contributed by atoms with E-state index in [1.165, 1.54) is 12.1 Å². The van der Waals surface area contributed by atoms with Crippen LogP contribution >= 0.6 is 12.2 Å².